The Balaban J connectivity index is 1.59. The number of nitrogens with one attached hydrogen (secondary N) is 2. The third kappa shape index (κ3) is 4.15. The molecular weight excluding hydrogens is 344 g/mol. The molecule has 0 aliphatic carbocycles. The average molecular weight is 363 g/mol. The first-order valence-corrected chi connectivity index (χ1v) is 8.21. The summed E-state index contributed by atoms with van der Waals surface area (Å²) in [6.07, 6.45) is 0. The Morgan fingerprint density at radius 2 is 2.04 bits per heavy atom. The molecule has 0 saturated heterocycles. The van der Waals surface area contributed by atoms with Gasteiger partial charge in [0, 0.05) is 11.6 Å². The van der Waals surface area contributed by atoms with Crippen LogP contribution in [0.4, 0.5) is 5.69 Å². The highest BCUT2D eigenvalue weighted by Gasteiger charge is 2.17. The maximum absolute atomic E-state index is 12.4. The van der Waals surface area contributed by atoms with Gasteiger partial charge in [-0.15, -0.1) is 0 Å². The molecule has 6 nitrogen and oxygen atoms in total. The first-order chi connectivity index (χ1) is 12.1. The molecule has 25 heavy (non-hydrogen) atoms. The van der Waals surface area contributed by atoms with Crippen LogP contribution in [0.3, 0.4) is 0 Å². The van der Waals surface area contributed by atoms with Crippen molar-refractivity contribution in [3.8, 4) is 17.2 Å². The summed E-state index contributed by atoms with van der Waals surface area (Å²) in [6.45, 7) is 2.56. The van der Waals surface area contributed by atoms with Crippen molar-refractivity contribution >= 4 is 23.2 Å². The SMILES string of the molecule is COc1ccc(Cl)cc1NC(=O)C(C)NCc1ccc2c(c1)OCO2. The van der Waals surface area contributed by atoms with Crippen LogP contribution in [0, 0.1) is 0 Å². The number of carbonyl (C=O) groups is 1. The van der Waals surface area contributed by atoms with Gasteiger partial charge in [-0.1, -0.05) is 17.7 Å². The van der Waals surface area contributed by atoms with E-state index in [0.717, 1.165) is 17.1 Å². The van der Waals surface area contributed by atoms with Crippen LogP contribution >= 0.6 is 11.6 Å². The molecule has 2 N–H and O–H groups in total. The Hall–Kier alpha value is -2.44. The molecule has 0 aromatic heterocycles. The number of halogens is 1. The van der Waals surface area contributed by atoms with Gasteiger partial charge in [0.1, 0.15) is 5.75 Å². The van der Waals surface area contributed by atoms with Crippen LogP contribution < -0.4 is 24.8 Å². The van der Waals surface area contributed by atoms with Crippen molar-refractivity contribution < 1.29 is 19.0 Å². The third-order valence-electron chi connectivity index (χ3n) is 3.86. The summed E-state index contributed by atoms with van der Waals surface area (Å²) < 4.78 is 15.9. The Morgan fingerprint density at radius 3 is 2.84 bits per heavy atom. The van der Waals surface area contributed by atoms with Crippen LogP contribution in [0.25, 0.3) is 0 Å². The quantitative estimate of drug-likeness (QED) is 0.826. The van der Waals surface area contributed by atoms with E-state index in [1.807, 2.05) is 18.2 Å². The van der Waals surface area contributed by atoms with E-state index >= 15 is 0 Å². The number of amides is 1. The molecule has 3 rings (SSSR count). The lowest BCUT2D eigenvalue weighted by molar-refractivity contribution is -0.117. The molecule has 132 valence electrons. The molecule has 0 spiro atoms. The maximum atomic E-state index is 12.4. The average Bonchev–Trinajstić information content (AvgIpc) is 3.07. The predicted molar refractivity (Wildman–Crippen MR) is 95.5 cm³/mol. The molecule has 0 bridgehead atoms. The number of methoxy groups -OCH3 is 1. The zero-order valence-electron chi connectivity index (χ0n) is 14.0. The van der Waals surface area contributed by atoms with Crippen molar-refractivity contribution in [3.63, 3.8) is 0 Å². The molecule has 7 heteroatoms. The van der Waals surface area contributed by atoms with Crippen molar-refractivity contribution in [1.82, 2.24) is 5.32 Å². The molecular formula is C18H19ClN2O4. The summed E-state index contributed by atoms with van der Waals surface area (Å²) in [6, 6.07) is 10.4. The fraction of sp³-hybridized carbons (Fsp3) is 0.278. The van der Waals surface area contributed by atoms with Gasteiger partial charge in [0.05, 0.1) is 18.8 Å². The van der Waals surface area contributed by atoms with Crippen molar-refractivity contribution in [2.24, 2.45) is 0 Å². The first kappa shape index (κ1) is 17.4. The lowest BCUT2D eigenvalue weighted by Crippen LogP contribution is -2.37. The fourth-order valence-electron chi connectivity index (χ4n) is 2.43. The predicted octanol–water partition coefficient (Wildman–Crippen LogP) is 3.19. The third-order valence-corrected chi connectivity index (χ3v) is 4.10. The highest BCUT2D eigenvalue weighted by Crippen LogP contribution is 2.32. The Labute approximate surface area is 151 Å². The topological polar surface area (TPSA) is 68.8 Å². The number of carbonyl (C=O) groups excluding carboxylic acids is 1. The van der Waals surface area contributed by atoms with Gasteiger partial charge >= 0.3 is 0 Å². The number of hydrogen-bond donors (Lipinski definition) is 2. The smallest absolute Gasteiger partial charge is 0.241 e. The van der Waals surface area contributed by atoms with E-state index in [0.29, 0.717) is 23.0 Å². The maximum Gasteiger partial charge on any atom is 0.241 e. The van der Waals surface area contributed by atoms with Gasteiger partial charge in [0.25, 0.3) is 0 Å². The molecule has 1 heterocycles. The Bertz CT molecular complexity index is 782. The largest absolute Gasteiger partial charge is 0.495 e. The van der Waals surface area contributed by atoms with Crippen molar-refractivity contribution in [3.05, 3.63) is 47.0 Å². The van der Waals surface area contributed by atoms with Crippen LogP contribution in [0.5, 0.6) is 17.2 Å². The van der Waals surface area contributed by atoms with E-state index in [9.17, 15) is 4.79 Å². The standard InChI is InChI=1S/C18H19ClN2O4/c1-11(18(22)21-14-8-13(19)4-6-15(14)23-2)20-9-12-3-5-16-17(7-12)25-10-24-16/h3-8,11,20H,9-10H2,1-2H3,(H,21,22). The number of hydrogen-bond acceptors (Lipinski definition) is 5. The minimum absolute atomic E-state index is 0.179. The molecule has 1 atom stereocenters. The minimum atomic E-state index is -0.408. The highest BCUT2D eigenvalue weighted by molar-refractivity contribution is 6.31. The number of anilines is 1. The monoisotopic (exact) mass is 362 g/mol. The summed E-state index contributed by atoms with van der Waals surface area (Å²) in [7, 11) is 1.54. The summed E-state index contributed by atoms with van der Waals surface area (Å²) in [5, 5.41) is 6.53. The van der Waals surface area contributed by atoms with Gasteiger partial charge in [0.15, 0.2) is 11.5 Å². The van der Waals surface area contributed by atoms with E-state index in [-0.39, 0.29) is 12.7 Å². The van der Waals surface area contributed by atoms with Crippen molar-refractivity contribution in [2.45, 2.75) is 19.5 Å². The number of rotatable bonds is 6. The van der Waals surface area contributed by atoms with Crippen LogP contribution in [0.15, 0.2) is 36.4 Å². The van der Waals surface area contributed by atoms with Crippen molar-refractivity contribution in [1.29, 1.82) is 0 Å². The highest BCUT2D eigenvalue weighted by atomic mass is 35.5. The molecule has 1 aliphatic rings. The van der Waals surface area contributed by atoms with Gasteiger partial charge in [0.2, 0.25) is 12.7 Å². The van der Waals surface area contributed by atoms with E-state index in [1.165, 1.54) is 0 Å². The molecule has 1 unspecified atom stereocenters. The zero-order valence-corrected chi connectivity index (χ0v) is 14.7. The van der Waals surface area contributed by atoms with Gasteiger partial charge < -0.3 is 24.8 Å². The molecule has 1 aliphatic heterocycles. The van der Waals surface area contributed by atoms with Crippen molar-refractivity contribution in [2.75, 3.05) is 19.2 Å². The fourth-order valence-corrected chi connectivity index (χ4v) is 2.61. The number of fused-ring (bicyclic) bond motifs is 1. The van der Waals surface area contributed by atoms with E-state index < -0.39 is 6.04 Å². The zero-order chi connectivity index (χ0) is 17.8. The molecule has 0 saturated carbocycles. The van der Waals surface area contributed by atoms with Crippen LogP contribution in [0.2, 0.25) is 5.02 Å². The molecule has 0 radical (unpaired) electrons. The molecule has 0 fully saturated rings. The van der Waals surface area contributed by atoms with E-state index in [1.54, 1.807) is 32.2 Å². The van der Waals surface area contributed by atoms with Crippen LogP contribution in [0.1, 0.15) is 12.5 Å². The molecule has 1 amide bonds. The lowest BCUT2D eigenvalue weighted by atomic mass is 10.2. The molecule has 2 aromatic rings. The van der Waals surface area contributed by atoms with Gasteiger partial charge in [-0.25, -0.2) is 0 Å². The van der Waals surface area contributed by atoms with Crippen LogP contribution in [-0.2, 0) is 11.3 Å². The summed E-state index contributed by atoms with van der Waals surface area (Å²) in [5.74, 6) is 1.84. The normalized spacial score (nSPS) is 13.4. The van der Waals surface area contributed by atoms with E-state index in [4.69, 9.17) is 25.8 Å². The second-order valence-electron chi connectivity index (χ2n) is 5.62. The second kappa shape index (κ2) is 7.63. The van der Waals surface area contributed by atoms with E-state index in [2.05, 4.69) is 10.6 Å². The van der Waals surface area contributed by atoms with Gasteiger partial charge in [-0.2, -0.15) is 0 Å². The first-order valence-electron chi connectivity index (χ1n) is 7.83. The number of benzene rings is 2. The second-order valence-corrected chi connectivity index (χ2v) is 6.06. The van der Waals surface area contributed by atoms with Gasteiger partial charge in [-0.3, -0.25) is 4.79 Å². The Morgan fingerprint density at radius 1 is 1.24 bits per heavy atom. The Kier molecular flexibility index (Phi) is 5.31. The lowest BCUT2D eigenvalue weighted by Gasteiger charge is -2.16. The molecule has 2 aromatic carbocycles. The van der Waals surface area contributed by atoms with Crippen LogP contribution in [-0.4, -0.2) is 25.9 Å². The summed E-state index contributed by atoms with van der Waals surface area (Å²) in [5.41, 5.74) is 1.54. The summed E-state index contributed by atoms with van der Waals surface area (Å²) >= 11 is 5.98. The van der Waals surface area contributed by atoms with Gasteiger partial charge in [-0.05, 0) is 42.8 Å². The number of ether oxygens (including phenoxy) is 3. The summed E-state index contributed by atoms with van der Waals surface area (Å²) in [4.78, 5) is 12.4. The minimum Gasteiger partial charge on any atom is -0.495 e.